The predicted molar refractivity (Wildman–Crippen MR) is 282 cm³/mol. The van der Waals surface area contributed by atoms with Gasteiger partial charge in [-0.15, -0.1) is 0 Å². The van der Waals surface area contributed by atoms with Gasteiger partial charge in [-0.1, -0.05) is 0 Å². The van der Waals surface area contributed by atoms with Crippen LogP contribution < -0.4 is 43.4 Å². The van der Waals surface area contributed by atoms with Gasteiger partial charge in [0.2, 0.25) is 41.4 Å². The number of aliphatic hydroxyl groups is 6. The molecule has 2 rings (SSSR count). The second-order valence-corrected chi connectivity index (χ2v) is 21.4. The summed E-state index contributed by atoms with van der Waals surface area (Å²) >= 11 is 0. The summed E-state index contributed by atoms with van der Waals surface area (Å²) in [5, 5.41) is 76.3. The molecule has 2 heterocycles. The van der Waals surface area contributed by atoms with E-state index in [2.05, 4.69) is 31.9 Å². The van der Waals surface area contributed by atoms with Crippen LogP contribution in [-0.2, 0) is 66.7 Å². The van der Waals surface area contributed by atoms with Gasteiger partial charge in [0.15, 0.2) is 12.6 Å². The highest BCUT2D eigenvalue weighted by atomic mass is 16.7. The Kier molecular flexibility index (Phi) is 33.1. The molecule has 0 aliphatic carbocycles. The molecule has 28 nitrogen and oxygen atoms in total. The number of hydrogen-bond donors (Lipinski definition) is 14. The zero-order chi connectivity index (χ0) is 59.2. The minimum atomic E-state index is -1.42. The summed E-state index contributed by atoms with van der Waals surface area (Å²) in [4.78, 5) is 84.8. The lowest BCUT2D eigenvalue weighted by molar-refractivity contribution is -0.270. The number of carbonyl (C=O) groups excluding carboxylic acids is 7. The van der Waals surface area contributed by atoms with Crippen LogP contribution in [0.15, 0.2) is 0 Å². The number of rotatable bonds is 41. The van der Waals surface area contributed by atoms with Gasteiger partial charge >= 0.3 is 0 Å². The maximum atomic E-state index is 12.8. The van der Waals surface area contributed by atoms with E-state index in [-0.39, 0.29) is 95.4 Å². The zero-order valence-electron chi connectivity index (χ0n) is 47.0. The number of hydrogen-bond acceptors (Lipinski definition) is 21. The average Bonchev–Trinajstić information content (AvgIpc) is 3.44. The minimum absolute atomic E-state index is 0.0212. The molecule has 7 unspecified atom stereocenters. The van der Waals surface area contributed by atoms with Crippen molar-refractivity contribution in [2.24, 2.45) is 11.5 Å². The molecule has 0 radical (unpaired) electrons. The Hall–Kier alpha value is -4.27. The van der Waals surface area contributed by atoms with Gasteiger partial charge < -0.3 is 107 Å². The van der Waals surface area contributed by atoms with E-state index in [0.29, 0.717) is 77.5 Å². The lowest BCUT2D eigenvalue weighted by atomic mass is 9.97. The van der Waals surface area contributed by atoms with Crippen LogP contribution in [0.2, 0.25) is 0 Å². The molecule has 0 aromatic rings. The summed E-state index contributed by atoms with van der Waals surface area (Å²) in [7, 11) is 0. The number of nitrogens with one attached hydrogen (secondary N) is 6. The van der Waals surface area contributed by atoms with Crippen molar-refractivity contribution in [3.05, 3.63) is 0 Å². The van der Waals surface area contributed by atoms with Crippen LogP contribution >= 0.6 is 0 Å². The van der Waals surface area contributed by atoms with Gasteiger partial charge in [0.25, 0.3) is 0 Å². The quantitative estimate of drug-likeness (QED) is 0.0261. The van der Waals surface area contributed by atoms with Crippen molar-refractivity contribution >= 4 is 41.4 Å². The predicted octanol–water partition coefficient (Wildman–Crippen LogP) is -3.77. The van der Waals surface area contributed by atoms with Crippen LogP contribution in [-0.4, -0.2) is 229 Å². The first-order chi connectivity index (χ1) is 37.2. The number of ether oxygens (including phenoxy) is 7. The highest BCUT2D eigenvalue weighted by Crippen LogP contribution is 2.25. The van der Waals surface area contributed by atoms with E-state index >= 15 is 0 Å². The SMILES string of the molecule is CC(=O)NC1C(O)[C@@H](O)C(CO)O[C@H]1OCCCCC(=O)NCCCNC(=O)CCOCC(N)(COC(C)(C)CCC(N)=O)COC(C)(C)CCC(=O)NCCCNC(=O)CCCCO[C@@H]1OC(CO)[C@H](O)C(O)C1NC(C)=O. The third kappa shape index (κ3) is 29.3. The first-order valence-electron chi connectivity index (χ1n) is 27.2. The maximum Gasteiger partial charge on any atom is 0.222 e. The van der Waals surface area contributed by atoms with Crippen molar-refractivity contribution in [2.45, 2.75) is 203 Å². The Labute approximate surface area is 463 Å². The third-order valence-electron chi connectivity index (χ3n) is 12.9. The fraction of sp³-hybridized carbons (Fsp3) is 0.863. The third-order valence-corrected chi connectivity index (χ3v) is 12.9. The van der Waals surface area contributed by atoms with Gasteiger partial charge in [-0.2, -0.15) is 0 Å². The molecule has 0 bridgehead atoms. The normalized spacial score (nSPS) is 24.2. The molecular weight excluding hydrogens is 1040 g/mol. The molecule has 2 fully saturated rings. The van der Waals surface area contributed by atoms with E-state index < -0.39 is 109 Å². The van der Waals surface area contributed by atoms with Gasteiger partial charge in [0.05, 0.1) is 56.4 Å². The summed E-state index contributed by atoms with van der Waals surface area (Å²) < 4.78 is 40.7. The number of unbranched alkanes of at least 4 members (excludes halogenated alkanes) is 2. The van der Waals surface area contributed by atoms with E-state index in [4.69, 9.17) is 44.6 Å². The van der Waals surface area contributed by atoms with Crippen LogP contribution in [0.4, 0.5) is 0 Å². The van der Waals surface area contributed by atoms with E-state index in [1.54, 1.807) is 13.8 Å². The summed E-state index contributed by atoms with van der Waals surface area (Å²) in [5.41, 5.74) is 9.38. The molecule has 2 aliphatic rings. The minimum Gasteiger partial charge on any atom is -0.394 e. The molecule has 28 heteroatoms. The molecule has 0 saturated carbocycles. The van der Waals surface area contributed by atoms with E-state index in [9.17, 15) is 64.2 Å². The highest BCUT2D eigenvalue weighted by Gasteiger charge is 2.46. The molecule has 16 N–H and O–H groups in total. The van der Waals surface area contributed by atoms with Gasteiger partial charge in [-0.3, -0.25) is 33.6 Å². The number of carbonyl (C=O) groups is 7. The van der Waals surface area contributed by atoms with Gasteiger partial charge in [-0.05, 0) is 79.1 Å². The lowest BCUT2D eigenvalue weighted by Crippen LogP contribution is -2.64. The fourth-order valence-corrected chi connectivity index (χ4v) is 8.07. The number of aliphatic hydroxyl groups excluding tert-OH is 6. The molecule has 2 aliphatic heterocycles. The van der Waals surface area contributed by atoms with Crippen LogP contribution in [0, 0.1) is 0 Å². The smallest absolute Gasteiger partial charge is 0.222 e. The molecule has 0 aromatic carbocycles. The molecule has 0 spiro atoms. The molecule has 11 atom stereocenters. The summed E-state index contributed by atoms with van der Waals surface area (Å²) in [6.45, 7) is 10.0. The summed E-state index contributed by atoms with van der Waals surface area (Å²) in [6, 6.07) is -2.10. The number of primary amides is 1. The largest absolute Gasteiger partial charge is 0.394 e. The average molecular weight is 1140 g/mol. The second kappa shape index (κ2) is 37.0. The molecule has 79 heavy (non-hydrogen) atoms. The maximum absolute atomic E-state index is 12.8. The molecule has 0 aromatic heterocycles. The Morgan fingerprint density at radius 1 is 0.506 bits per heavy atom. The van der Waals surface area contributed by atoms with Gasteiger partial charge in [0.1, 0.15) is 48.7 Å². The Morgan fingerprint density at radius 2 is 0.886 bits per heavy atom. The number of nitrogens with two attached hydrogens (primary N) is 2. The lowest BCUT2D eigenvalue weighted by Gasteiger charge is -2.42. The van der Waals surface area contributed by atoms with E-state index in [1.165, 1.54) is 13.8 Å². The van der Waals surface area contributed by atoms with Crippen molar-refractivity contribution in [2.75, 3.05) is 79.0 Å². The molecule has 7 amide bonds. The van der Waals surface area contributed by atoms with Crippen LogP contribution in [0.5, 0.6) is 0 Å². The van der Waals surface area contributed by atoms with E-state index in [0.717, 1.165) is 0 Å². The van der Waals surface area contributed by atoms with Crippen LogP contribution in [0.3, 0.4) is 0 Å². The Balaban J connectivity index is 1.68. The fourth-order valence-electron chi connectivity index (χ4n) is 8.07. The monoisotopic (exact) mass is 1140 g/mol. The van der Waals surface area contributed by atoms with Crippen molar-refractivity contribution in [1.29, 1.82) is 0 Å². The summed E-state index contributed by atoms with van der Waals surface area (Å²) in [5.74, 6) is -2.29. The van der Waals surface area contributed by atoms with Gasteiger partial charge in [-0.25, -0.2) is 0 Å². The van der Waals surface area contributed by atoms with Crippen molar-refractivity contribution in [3.8, 4) is 0 Å². The first kappa shape index (κ1) is 70.8. The molecule has 458 valence electrons. The van der Waals surface area contributed by atoms with Crippen molar-refractivity contribution in [3.63, 3.8) is 0 Å². The Morgan fingerprint density at radius 3 is 1.27 bits per heavy atom. The zero-order valence-corrected chi connectivity index (χ0v) is 47.0. The molecular formula is C51H94N8O20. The standard InChI is InChI=1S/C51H94N8O20/c1-32(62)58-41-45(71)43(69)34(27-60)78-47(41)74-24-9-7-13-37(65)54-20-11-22-56-39(67)16-19-50(5,6)77-31-51(53,30-76-49(3,4)18-15-36(52)64)29-73-26-17-40(68)57-23-12-21-55-38(66)14-8-10-25-75-48-42(59-33(2)63)46(72)44(70)35(28-61)79-48/h34-35,41-48,60-61,69-72H,7-31,53H2,1-6H3,(H2,52,64)(H,54,65)(H,55,66)(H,56,67)(H,57,68)(H,58,62)(H,59,63)/t34?,35?,41?,42?,43-,44-,45?,46?,47+,48+,51?/m0/s1. The Bertz CT molecular complexity index is 1850. The van der Waals surface area contributed by atoms with Gasteiger partial charge in [0, 0.05) is 85.3 Å². The van der Waals surface area contributed by atoms with E-state index in [1.807, 2.05) is 13.8 Å². The van der Waals surface area contributed by atoms with Crippen LogP contribution in [0.1, 0.15) is 125 Å². The van der Waals surface area contributed by atoms with Crippen LogP contribution in [0.25, 0.3) is 0 Å². The van der Waals surface area contributed by atoms with Crippen molar-refractivity contribution in [1.82, 2.24) is 31.9 Å². The first-order valence-corrected chi connectivity index (χ1v) is 27.2. The number of amides is 7. The summed E-state index contributed by atoms with van der Waals surface area (Å²) in [6.07, 6.45) is -6.00. The molecule has 2 saturated heterocycles. The topological polar surface area (TPSA) is 430 Å². The van der Waals surface area contributed by atoms with Crippen molar-refractivity contribution < 1.29 is 97.4 Å². The highest BCUT2D eigenvalue weighted by molar-refractivity contribution is 5.77. The second-order valence-electron chi connectivity index (χ2n) is 21.4.